The Morgan fingerprint density at radius 1 is 0.821 bits per heavy atom. The van der Waals surface area contributed by atoms with Gasteiger partial charge in [-0.15, -0.1) is 0 Å². The van der Waals surface area contributed by atoms with Crippen molar-refractivity contribution in [2.24, 2.45) is 0 Å². The van der Waals surface area contributed by atoms with Crippen molar-refractivity contribution < 1.29 is 19.0 Å². The highest BCUT2D eigenvalue weighted by Gasteiger charge is 2.30. The molecule has 4 rings (SSSR count). The molecule has 0 fully saturated rings. The van der Waals surface area contributed by atoms with Crippen LogP contribution in [0.3, 0.4) is 0 Å². The van der Waals surface area contributed by atoms with E-state index in [0.717, 1.165) is 64.4 Å². The van der Waals surface area contributed by atoms with E-state index < -0.39 is 0 Å². The molecule has 0 amide bonds. The van der Waals surface area contributed by atoms with Crippen LogP contribution in [0.5, 0.6) is 11.5 Å². The molecule has 28 heavy (non-hydrogen) atoms. The predicted octanol–water partition coefficient (Wildman–Crippen LogP) is 4.93. The summed E-state index contributed by atoms with van der Waals surface area (Å²) < 4.78 is 16.5. The van der Waals surface area contributed by atoms with Crippen LogP contribution in [-0.4, -0.2) is 26.6 Å². The van der Waals surface area contributed by atoms with Gasteiger partial charge in [-0.3, -0.25) is 4.79 Å². The van der Waals surface area contributed by atoms with Crippen molar-refractivity contribution in [3.05, 3.63) is 76.6 Å². The minimum absolute atomic E-state index is 0.190. The lowest BCUT2D eigenvalue weighted by Crippen LogP contribution is -2.21. The lowest BCUT2D eigenvalue weighted by atomic mass is 9.81. The standard InChI is InChI=1S/C24H24O4/c1-26-18-10-6-16(7-11-18)23(17-8-12-19(27-2)13-9-17)20-14-15-28-22-5-3-4-21(25)24(20)22/h6-13H,3-5,14-15H2,1-2H3. The molecule has 0 radical (unpaired) electrons. The van der Waals surface area contributed by atoms with Crippen molar-refractivity contribution in [3.8, 4) is 11.5 Å². The SMILES string of the molecule is COc1ccc(C(=C2CCOC3=C2C(=O)CCC3)c2ccc(OC)cc2)cc1. The van der Waals surface area contributed by atoms with Crippen LogP contribution in [0.25, 0.3) is 5.57 Å². The van der Waals surface area contributed by atoms with Crippen molar-refractivity contribution >= 4 is 11.4 Å². The number of carbonyl (C=O) groups is 1. The minimum atomic E-state index is 0.190. The van der Waals surface area contributed by atoms with E-state index in [0.29, 0.717) is 13.0 Å². The maximum absolute atomic E-state index is 12.8. The smallest absolute Gasteiger partial charge is 0.166 e. The van der Waals surface area contributed by atoms with E-state index in [-0.39, 0.29) is 5.78 Å². The topological polar surface area (TPSA) is 44.8 Å². The number of ether oxygens (including phenoxy) is 3. The number of benzene rings is 2. The molecule has 0 aromatic heterocycles. The number of hydrogen-bond acceptors (Lipinski definition) is 4. The average molecular weight is 376 g/mol. The Bertz CT molecular complexity index is 880. The third-order valence-electron chi connectivity index (χ3n) is 5.35. The van der Waals surface area contributed by atoms with Crippen LogP contribution >= 0.6 is 0 Å². The molecule has 144 valence electrons. The first-order valence-electron chi connectivity index (χ1n) is 9.63. The first-order valence-corrected chi connectivity index (χ1v) is 9.63. The van der Waals surface area contributed by atoms with Crippen molar-refractivity contribution in [3.63, 3.8) is 0 Å². The van der Waals surface area contributed by atoms with E-state index in [1.165, 1.54) is 0 Å². The van der Waals surface area contributed by atoms with Crippen LogP contribution < -0.4 is 9.47 Å². The number of hydrogen-bond donors (Lipinski definition) is 0. The second-order valence-corrected chi connectivity index (χ2v) is 6.98. The van der Waals surface area contributed by atoms with Gasteiger partial charge in [-0.1, -0.05) is 24.3 Å². The summed E-state index contributed by atoms with van der Waals surface area (Å²) >= 11 is 0. The average Bonchev–Trinajstić information content (AvgIpc) is 2.75. The second kappa shape index (κ2) is 7.93. The lowest BCUT2D eigenvalue weighted by Gasteiger charge is -2.29. The zero-order valence-corrected chi connectivity index (χ0v) is 16.3. The Morgan fingerprint density at radius 3 is 1.93 bits per heavy atom. The molecule has 1 aliphatic heterocycles. The molecular formula is C24H24O4. The quantitative estimate of drug-likeness (QED) is 0.759. The number of allylic oxidation sites excluding steroid dienone is 2. The number of Topliss-reactive ketones (excluding diaryl/α,β-unsaturated/α-hetero) is 1. The predicted molar refractivity (Wildman–Crippen MR) is 108 cm³/mol. The van der Waals surface area contributed by atoms with Gasteiger partial charge in [-0.05, 0) is 53.0 Å². The summed E-state index contributed by atoms with van der Waals surface area (Å²) in [4.78, 5) is 12.8. The van der Waals surface area contributed by atoms with Gasteiger partial charge in [0.15, 0.2) is 5.78 Å². The third kappa shape index (κ3) is 3.42. The summed E-state index contributed by atoms with van der Waals surface area (Å²) in [6.07, 6.45) is 3.01. The molecule has 0 saturated carbocycles. The highest BCUT2D eigenvalue weighted by Crippen LogP contribution is 2.40. The molecule has 0 bridgehead atoms. The Labute approximate surface area is 165 Å². The van der Waals surface area contributed by atoms with Gasteiger partial charge < -0.3 is 14.2 Å². The summed E-state index contributed by atoms with van der Waals surface area (Å²) in [6.45, 7) is 0.608. The van der Waals surface area contributed by atoms with E-state index in [9.17, 15) is 4.79 Å². The zero-order valence-electron chi connectivity index (χ0n) is 16.3. The zero-order chi connectivity index (χ0) is 19.5. The van der Waals surface area contributed by atoms with Crippen molar-refractivity contribution in [1.82, 2.24) is 0 Å². The van der Waals surface area contributed by atoms with E-state index in [1.54, 1.807) is 14.2 Å². The van der Waals surface area contributed by atoms with Crippen LogP contribution in [0.4, 0.5) is 0 Å². The highest BCUT2D eigenvalue weighted by molar-refractivity contribution is 6.04. The minimum Gasteiger partial charge on any atom is -0.497 e. The van der Waals surface area contributed by atoms with E-state index >= 15 is 0 Å². The van der Waals surface area contributed by atoms with Crippen LogP contribution in [0, 0.1) is 0 Å². The molecule has 4 heteroatoms. The Morgan fingerprint density at radius 2 is 1.39 bits per heavy atom. The van der Waals surface area contributed by atoms with E-state index in [4.69, 9.17) is 14.2 Å². The van der Waals surface area contributed by atoms with Gasteiger partial charge in [0.1, 0.15) is 17.3 Å². The highest BCUT2D eigenvalue weighted by atomic mass is 16.5. The van der Waals surface area contributed by atoms with Crippen molar-refractivity contribution in [2.75, 3.05) is 20.8 Å². The van der Waals surface area contributed by atoms with Crippen LogP contribution in [0.2, 0.25) is 0 Å². The fourth-order valence-electron chi connectivity index (χ4n) is 3.98. The number of methoxy groups -OCH3 is 2. The van der Waals surface area contributed by atoms with Crippen LogP contribution in [-0.2, 0) is 9.53 Å². The van der Waals surface area contributed by atoms with Gasteiger partial charge in [0.05, 0.1) is 26.4 Å². The van der Waals surface area contributed by atoms with Gasteiger partial charge >= 0.3 is 0 Å². The molecule has 2 aromatic rings. The number of carbonyl (C=O) groups excluding carboxylic acids is 1. The summed E-state index contributed by atoms with van der Waals surface area (Å²) in [5.41, 5.74) is 5.08. The number of rotatable bonds is 4. The van der Waals surface area contributed by atoms with E-state index in [2.05, 4.69) is 0 Å². The fraction of sp³-hybridized carbons (Fsp3) is 0.292. The summed E-state index contributed by atoms with van der Waals surface area (Å²) in [5.74, 6) is 2.67. The molecule has 0 unspecified atom stereocenters. The fourth-order valence-corrected chi connectivity index (χ4v) is 3.98. The van der Waals surface area contributed by atoms with E-state index in [1.807, 2.05) is 48.5 Å². The lowest BCUT2D eigenvalue weighted by molar-refractivity contribution is -0.116. The molecular weight excluding hydrogens is 352 g/mol. The monoisotopic (exact) mass is 376 g/mol. The van der Waals surface area contributed by atoms with Crippen molar-refractivity contribution in [2.45, 2.75) is 25.7 Å². The summed E-state index contributed by atoms with van der Waals surface area (Å²) in [6, 6.07) is 16.0. The Hall–Kier alpha value is -3.01. The first-order chi connectivity index (χ1) is 13.7. The van der Waals surface area contributed by atoms with Crippen LogP contribution in [0.15, 0.2) is 65.4 Å². The molecule has 4 nitrogen and oxygen atoms in total. The second-order valence-electron chi connectivity index (χ2n) is 6.98. The molecule has 2 aliphatic rings. The van der Waals surface area contributed by atoms with Gasteiger partial charge in [0, 0.05) is 19.3 Å². The maximum atomic E-state index is 12.8. The van der Waals surface area contributed by atoms with Crippen molar-refractivity contribution in [1.29, 1.82) is 0 Å². The molecule has 0 saturated heterocycles. The molecule has 2 aromatic carbocycles. The van der Waals surface area contributed by atoms with Gasteiger partial charge in [-0.2, -0.15) is 0 Å². The molecule has 0 atom stereocenters. The Balaban J connectivity index is 1.93. The number of ketones is 1. The normalized spacial score (nSPS) is 16.4. The third-order valence-corrected chi connectivity index (χ3v) is 5.35. The molecule has 1 aliphatic carbocycles. The summed E-state index contributed by atoms with van der Waals surface area (Å²) in [5, 5.41) is 0. The molecule has 1 heterocycles. The molecule has 0 N–H and O–H groups in total. The largest absolute Gasteiger partial charge is 0.497 e. The first kappa shape index (κ1) is 18.4. The van der Waals surface area contributed by atoms with Gasteiger partial charge in [0.25, 0.3) is 0 Å². The summed E-state index contributed by atoms with van der Waals surface area (Å²) in [7, 11) is 3.32. The van der Waals surface area contributed by atoms with Crippen LogP contribution in [0.1, 0.15) is 36.8 Å². The maximum Gasteiger partial charge on any atom is 0.166 e. The van der Waals surface area contributed by atoms with Gasteiger partial charge in [0.2, 0.25) is 0 Å². The van der Waals surface area contributed by atoms with Gasteiger partial charge in [-0.25, -0.2) is 0 Å². The molecule has 0 spiro atoms. The Kier molecular flexibility index (Phi) is 5.20.